The van der Waals surface area contributed by atoms with Crippen molar-refractivity contribution in [1.82, 2.24) is 5.32 Å². The number of nitrogens with one attached hydrogen (secondary N) is 1. The van der Waals surface area contributed by atoms with Crippen molar-refractivity contribution >= 4 is 6.29 Å². The molecule has 0 spiro atoms. The summed E-state index contributed by atoms with van der Waals surface area (Å²) in [5, 5.41) is 3.55. The number of aldehydes is 1. The lowest BCUT2D eigenvalue weighted by atomic mass is 10.1. The van der Waals surface area contributed by atoms with E-state index in [1.165, 1.54) is 89.9 Å². The fraction of sp³-hybridized carbons (Fsp3) is 0.808. The zero-order valence-corrected chi connectivity index (χ0v) is 19.4. The largest absolute Gasteiger partial charge is 0.495 e. The van der Waals surface area contributed by atoms with Gasteiger partial charge in [0.1, 0.15) is 12.9 Å². The van der Waals surface area contributed by atoms with Crippen molar-refractivity contribution in [2.24, 2.45) is 0 Å². The van der Waals surface area contributed by atoms with Crippen LogP contribution < -0.4 is 5.32 Å². The van der Waals surface area contributed by atoms with E-state index in [0.29, 0.717) is 6.61 Å². The molecule has 0 saturated carbocycles. The minimum atomic E-state index is 0.678. The van der Waals surface area contributed by atoms with Crippen molar-refractivity contribution in [2.75, 3.05) is 19.7 Å². The van der Waals surface area contributed by atoms with E-state index < -0.39 is 0 Å². The molecule has 3 nitrogen and oxygen atoms in total. The number of unbranched alkanes of at least 4 members (excludes halogenated alkanes) is 13. The van der Waals surface area contributed by atoms with Gasteiger partial charge in [0.05, 0.1) is 5.76 Å². The summed E-state index contributed by atoms with van der Waals surface area (Å²) in [7, 11) is 0. The maximum Gasteiger partial charge on any atom is 0.119 e. The third kappa shape index (κ3) is 24.9. The summed E-state index contributed by atoms with van der Waals surface area (Å²) >= 11 is 0. The highest BCUT2D eigenvalue weighted by Gasteiger charge is 1.96. The Bertz CT molecular complexity index is 379. The van der Waals surface area contributed by atoms with E-state index >= 15 is 0 Å². The van der Waals surface area contributed by atoms with Gasteiger partial charge in [-0.15, -0.1) is 0 Å². The molecule has 3 heteroatoms. The van der Waals surface area contributed by atoms with Gasteiger partial charge in [0.15, 0.2) is 0 Å². The zero-order valence-electron chi connectivity index (χ0n) is 19.4. The van der Waals surface area contributed by atoms with Crippen LogP contribution in [-0.4, -0.2) is 26.0 Å². The van der Waals surface area contributed by atoms with E-state index in [0.717, 1.165) is 44.4 Å². The quantitative estimate of drug-likeness (QED) is 0.0778. The molecule has 0 atom stereocenters. The van der Waals surface area contributed by atoms with Gasteiger partial charge in [-0.3, -0.25) is 0 Å². The van der Waals surface area contributed by atoms with E-state index in [2.05, 4.69) is 31.0 Å². The number of hydrogen-bond donors (Lipinski definition) is 1. The molecule has 29 heavy (non-hydrogen) atoms. The number of rotatable bonds is 24. The normalized spacial score (nSPS) is 11.2. The second-order valence-corrected chi connectivity index (χ2v) is 8.16. The molecule has 0 unspecified atom stereocenters. The summed E-state index contributed by atoms with van der Waals surface area (Å²) in [6, 6.07) is 0. The van der Waals surface area contributed by atoms with Crippen LogP contribution in [0.25, 0.3) is 0 Å². The van der Waals surface area contributed by atoms with Crippen LogP contribution in [0.5, 0.6) is 0 Å². The number of hydrogen-bond acceptors (Lipinski definition) is 3. The Morgan fingerprint density at radius 3 is 2.03 bits per heavy atom. The van der Waals surface area contributed by atoms with E-state index in [1.54, 1.807) is 0 Å². The van der Waals surface area contributed by atoms with Gasteiger partial charge in [0.25, 0.3) is 0 Å². The van der Waals surface area contributed by atoms with Crippen molar-refractivity contribution in [2.45, 2.75) is 116 Å². The topological polar surface area (TPSA) is 38.3 Å². The molecule has 0 saturated heterocycles. The summed E-state index contributed by atoms with van der Waals surface area (Å²) in [5.41, 5.74) is 0. The first-order valence-corrected chi connectivity index (χ1v) is 12.4. The van der Waals surface area contributed by atoms with Crippen LogP contribution in [0.15, 0.2) is 24.5 Å². The van der Waals surface area contributed by atoms with Crippen molar-refractivity contribution in [1.29, 1.82) is 0 Å². The Kier molecular flexibility index (Phi) is 24.0. The van der Waals surface area contributed by atoms with Crippen molar-refractivity contribution in [3.63, 3.8) is 0 Å². The predicted octanol–water partition coefficient (Wildman–Crippen LogP) is 7.51. The highest BCUT2D eigenvalue weighted by atomic mass is 16.5. The van der Waals surface area contributed by atoms with Crippen molar-refractivity contribution in [3.8, 4) is 0 Å². The Morgan fingerprint density at radius 1 is 0.759 bits per heavy atom. The number of ether oxygens (including phenoxy) is 1. The van der Waals surface area contributed by atoms with E-state index in [-0.39, 0.29) is 0 Å². The maximum atomic E-state index is 10.2. The molecule has 0 bridgehead atoms. The number of allylic oxidation sites excluding steroid dienone is 2. The molecule has 0 fully saturated rings. The molecular weight excluding hydrogens is 358 g/mol. The average Bonchev–Trinajstić information content (AvgIpc) is 2.72. The first-order valence-electron chi connectivity index (χ1n) is 12.4. The first-order chi connectivity index (χ1) is 14.3. The van der Waals surface area contributed by atoms with Gasteiger partial charge in [-0.2, -0.15) is 0 Å². The van der Waals surface area contributed by atoms with Gasteiger partial charge in [-0.25, -0.2) is 0 Å². The second kappa shape index (κ2) is 24.9. The molecule has 1 N–H and O–H groups in total. The van der Waals surface area contributed by atoms with E-state index in [9.17, 15) is 4.79 Å². The molecule has 0 aromatic heterocycles. The van der Waals surface area contributed by atoms with Crippen LogP contribution in [0, 0.1) is 0 Å². The minimum Gasteiger partial charge on any atom is -0.495 e. The van der Waals surface area contributed by atoms with Gasteiger partial charge < -0.3 is 14.8 Å². The van der Waals surface area contributed by atoms with Crippen LogP contribution in [0.3, 0.4) is 0 Å². The Balaban J connectivity index is 3.19. The Morgan fingerprint density at radius 2 is 1.34 bits per heavy atom. The SMILES string of the molecule is C=C(CCCCCCCNCCCCCCCC=O)OC/C=C\CCCCCC. The molecular formula is C26H49NO2. The molecule has 0 radical (unpaired) electrons. The molecule has 0 aliphatic heterocycles. The molecule has 0 aliphatic carbocycles. The molecule has 0 aliphatic rings. The highest BCUT2D eigenvalue weighted by Crippen LogP contribution is 2.11. The van der Waals surface area contributed by atoms with Crippen molar-refractivity contribution < 1.29 is 9.53 Å². The third-order valence-corrected chi connectivity index (χ3v) is 5.26. The second-order valence-electron chi connectivity index (χ2n) is 8.16. The summed E-state index contributed by atoms with van der Waals surface area (Å²) < 4.78 is 5.68. The first kappa shape index (κ1) is 27.9. The fourth-order valence-corrected chi connectivity index (χ4v) is 3.35. The number of carbonyl (C=O) groups excluding carboxylic acids is 1. The summed E-state index contributed by atoms with van der Waals surface area (Å²) in [6.07, 6.45) is 26.0. The van der Waals surface area contributed by atoms with Crippen LogP contribution in [0.2, 0.25) is 0 Å². The molecule has 170 valence electrons. The number of carbonyl (C=O) groups is 1. The van der Waals surface area contributed by atoms with Crippen molar-refractivity contribution in [3.05, 3.63) is 24.5 Å². The molecule has 0 amide bonds. The van der Waals surface area contributed by atoms with Gasteiger partial charge in [-0.1, -0.05) is 83.4 Å². The standard InChI is InChI=1S/C26H49NO2/c1-3-4-5-6-9-15-20-25-29-26(2)21-16-11-10-13-18-23-27-22-17-12-7-8-14-19-24-28/h15,20,24,27H,2-14,16-19,21-23,25H2,1H3/b20-15-. The van der Waals surface area contributed by atoms with Gasteiger partial charge >= 0.3 is 0 Å². The van der Waals surface area contributed by atoms with Gasteiger partial charge in [-0.05, 0) is 51.6 Å². The minimum absolute atomic E-state index is 0.678. The lowest BCUT2D eigenvalue weighted by Crippen LogP contribution is -2.16. The lowest BCUT2D eigenvalue weighted by Gasteiger charge is -2.07. The van der Waals surface area contributed by atoms with Gasteiger partial charge in [0, 0.05) is 12.8 Å². The zero-order chi connectivity index (χ0) is 21.3. The van der Waals surface area contributed by atoms with E-state index in [1.807, 2.05) is 0 Å². The summed E-state index contributed by atoms with van der Waals surface area (Å²) in [6.45, 7) is 9.24. The molecule has 0 rings (SSSR count). The average molecular weight is 408 g/mol. The Hall–Kier alpha value is -1.09. The summed E-state index contributed by atoms with van der Waals surface area (Å²) in [5.74, 6) is 0.938. The predicted molar refractivity (Wildman–Crippen MR) is 127 cm³/mol. The molecule has 0 heterocycles. The highest BCUT2D eigenvalue weighted by molar-refractivity contribution is 5.48. The van der Waals surface area contributed by atoms with Crippen LogP contribution in [-0.2, 0) is 9.53 Å². The smallest absolute Gasteiger partial charge is 0.119 e. The van der Waals surface area contributed by atoms with Crippen LogP contribution in [0.1, 0.15) is 116 Å². The van der Waals surface area contributed by atoms with Crippen LogP contribution >= 0.6 is 0 Å². The van der Waals surface area contributed by atoms with E-state index in [4.69, 9.17) is 4.74 Å². The van der Waals surface area contributed by atoms with Gasteiger partial charge in [0.2, 0.25) is 0 Å². The third-order valence-electron chi connectivity index (χ3n) is 5.26. The Labute approximate surface area is 181 Å². The molecule has 0 aromatic carbocycles. The maximum absolute atomic E-state index is 10.2. The molecule has 0 aromatic rings. The fourth-order valence-electron chi connectivity index (χ4n) is 3.35. The monoisotopic (exact) mass is 407 g/mol. The lowest BCUT2D eigenvalue weighted by molar-refractivity contribution is -0.107. The summed E-state index contributed by atoms with van der Waals surface area (Å²) in [4.78, 5) is 10.2. The van der Waals surface area contributed by atoms with Crippen LogP contribution in [0.4, 0.5) is 0 Å².